The number of nitrogens with zero attached hydrogens (tertiary/aromatic N) is 2. The first kappa shape index (κ1) is 21.8. The fourth-order valence-electron chi connectivity index (χ4n) is 3.14. The lowest BCUT2D eigenvalue weighted by Crippen LogP contribution is -2.35. The van der Waals surface area contributed by atoms with Crippen LogP contribution in [-0.4, -0.2) is 40.3 Å². The number of amides is 2. The predicted octanol–water partition coefficient (Wildman–Crippen LogP) is 4.27. The summed E-state index contributed by atoms with van der Waals surface area (Å²) in [6, 6.07) is 24.2. The van der Waals surface area contributed by atoms with Crippen LogP contribution < -0.4 is 5.32 Å². The second-order valence-electron chi connectivity index (χ2n) is 6.96. The van der Waals surface area contributed by atoms with Gasteiger partial charge in [-0.05, 0) is 23.3 Å². The van der Waals surface area contributed by atoms with Crippen LogP contribution in [0.2, 0.25) is 0 Å². The van der Waals surface area contributed by atoms with Crippen molar-refractivity contribution in [2.24, 2.45) is 0 Å². The molecule has 160 valence electrons. The molecule has 0 spiro atoms. The first-order valence-corrected chi connectivity index (χ1v) is 10.0. The molecule has 1 heterocycles. The third-order valence-corrected chi connectivity index (χ3v) is 4.71. The van der Waals surface area contributed by atoms with E-state index in [1.165, 1.54) is 4.90 Å². The number of carboxylic acid groups (broad SMARTS) is 1. The van der Waals surface area contributed by atoms with Crippen LogP contribution in [0.15, 0.2) is 85.1 Å². The predicted molar refractivity (Wildman–Crippen MR) is 116 cm³/mol. The van der Waals surface area contributed by atoms with Crippen LogP contribution >= 0.6 is 0 Å². The van der Waals surface area contributed by atoms with Gasteiger partial charge in [0, 0.05) is 24.9 Å². The number of carbonyl (C=O) groups is 2. The van der Waals surface area contributed by atoms with Crippen molar-refractivity contribution in [1.82, 2.24) is 15.2 Å². The number of hydrogen-bond donors (Lipinski definition) is 2. The van der Waals surface area contributed by atoms with Crippen molar-refractivity contribution in [2.45, 2.75) is 19.0 Å². The molecule has 1 atom stereocenters. The van der Waals surface area contributed by atoms with Gasteiger partial charge in [0.2, 0.25) is 0 Å². The first-order valence-electron chi connectivity index (χ1n) is 10.0. The van der Waals surface area contributed by atoms with Crippen molar-refractivity contribution >= 4 is 12.2 Å². The topological polar surface area (TPSA) is 91.8 Å². The SMILES string of the molecule is O=C(NC(Cc1ccccn1)c1ccccc1)OCCN(Cc1ccccc1)C(=O)O. The molecule has 0 aliphatic heterocycles. The van der Waals surface area contributed by atoms with Crippen LogP contribution in [0.25, 0.3) is 0 Å². The van der Waals surface area contributed by atoms with Crippen molar-refractivity contribution in [1.29, 1.82) is 0 Å². The van der Waals surface area contributed by atoms with Crippen LogP contribution in [0.1, 0.15) is 22.9 Å². The van der Waals surface area contributed by atoms with E-state index < -0.39 is 12.2 Å². The average molecular weight is 419 g/mol. The number of aromatic nitrogens is 1. The van der Waals surface area contributed by atoms with Gasteiger partial charge in [-0.15, -0.1) is 0 Å². The van der Waals surface area contributed by atoms with E-state index in [0.717, 1.165) is 16.8 Å². The molecule has 2 amide bonds. The van der Waals surface area contributed by atoms with E-state index in [1.807, 2.05) is 78.9 Å². The van der Waals surface area contributed by atoms with E-state index >= 15 is 0 Å². The van der Waals surface area contributed by atoms with E-state index in [-0.39, 0.29) is 25.7 Å². The maximum atomic E-state index is 12.4. The van der Waals surface area contributed by atoms with Gasteiger partial charge < -0.3 is 20.1 Å². The van der Waals surface area contributed by atoms with Gasteiger partial charge in [0.1, 0.15) is 6.61 Å². The molecule has 0 saturated carbocycles. The minimum atomic E-state index is -1.06. The van der Waals surface area contributed by atoms with Crippen molar-refractivity contribution in [3.05, 3.63) is 102 Å². The number of alkyl carbamates (subject to hydrolysis) is 1. The van der Waals surface area contributed by atoms with Gasteiger partial charge in [0.05, 0.1) is 12.6 Å². The minimum absolute atomic E-state index is 0.0456. The second kappa shape index (κ2) is 11.3. The van der Waals surface area contributed by atoms with Crippen molar-refractivity contribution < 1.29 is 19.4 Å². The maximum absolute atomic E-state index is 12.4. The molecule has 7 nitrogen and oxygen atoms in total. The Bertz CT molecular complexity index is 952. The zero-order valence-electron chi connectivity index (χ0n) is 17.1. The molecule has 0 fully saturated rings. The Morgan fingerprint density at radius 1 is 0.968 bits per heavy atom. The standard InChI is InChI=1S/C24H25N3O4/c28-23(31-16-15-27(24(29)30)18-19-9-3-1-4-10-19)26-22(20-11-5-2-6-12-20)17-21-13-7-8-14-25-21/h1-14,22H,15-18H2,(H,26,28)(H,29,30). The van der Waals surface area contributed by atoms with Crippen LogP contribution in [0.3, 0.4) is 0 Å². The molecular formula is C24H25N3O4. The van der Waals surface area contributed by atoms with Gasteiger partial charge in [-0.2, -0.15) is 0 Å². The average Bonchev–Trinajstić information content (AvgIpc) is 2.80. The summed E-state index contributed by atoms with van der Waals surface area (Å²) in [7, 11) is 0. The number of nitrogens with one attached hydrogen (secondary N) is 1. The molecule has 1 unspecified atom stereocenters. The number of ether oxygens (including phenoxy) is 1. The number of pyridine rings is 1. The molecule has 0 aliphatic carbocycles. The molecule has 31 heavy (non-hydrogen) atoms. The van der Waals surface area contributed by atoms with Gasteiger partial charge in [0.15, 0.2) is 0 Å². The molecule has 0 aliphatic rings. The quantitative estimate of drug-likeness (QED) is 0.540. The minimum Gasteiger partial charge on any atom is -0.465 e. The number of hydrogen-bond acceptors (Lipinski definition) is 4. The normalized spacial score (nSPS) is 11.4. The lowest BCUT2D eigenvalue weighted by molar-refractivity contribution is 0.108. The summed E-state index contributed by atoms with van der Waals surface area (Å²) in [5, 5.41) is 12.3. The highest BCUT2D eigenvalue weighted by Crippen LogP contribution is 2.17. The molecule has 2 aromatic carbocycles. The molecule has 7 heteroatoms. The zero-order chi connectivity index (χ0) is 21.9. The molecule has 0 radical (unpaired) electrons. The van der Waals surface area contributed by atoms with Crippen LogP contribution in [0.5, 0.6) is 0 Å². The maximum Gasteiger partial charge on any atom is 0.407 e. The number of rotatable bonds is 9. The highest BCUT2D eigenvalue weighted by Gasteiger charge is 2.18. The lowest BCUT2D eigenvalue weighted by atomic mass is 10.0. The summed E-state index contributed by atoms with van der Waals surface area (Å²) in [5.41, 5.74) is 2.65. The van der Waals surface area contributed by atoms with Crippen LogP contribution in [-0.2, 0) is 17.7 Å². The summed E-state index contributed by atoms with van der Waals surface area (Å²) >= 11 is 0. The molecule has 0 bridgehead atoms. The fourth-order valence-corrected chi connectivity index (χ4v) is 3.14. The van der Waals surface area contributed by atoms with Crippen molar-refractivity contribution in [3.8, 4) is 0 Å². The van der Waals surface area contributed by atoms with Crippen LogP contribution in [0.4, 0.5) is 9.59 Å². The highest BCUT2D eigenvalue weighted by molar-refractivity contribution is 5.68. The van der Waals surface area contributed by atoms with Crippen LogP contribution in [0, 0.1) is 0 Å². The Balaban J connectivity index is 1.55. The molecule has 0 saturated heterocycles. The van der Waals surface area contributed by atoms with Crippen molar-refractivity contribution in [2.75, 3.05) is 13.2 Å². The van der Waals surface area contributed by atoms with Gasteiger partial charge in [-0.3, -0.25) is 4.98 Å². The third-order valence-electron chi connectivity index (χ3n) is 4.71. The summed E-state index contributed by atoms with van der Waals surface area (Å²) in [6.07, 6.45) is 0.554. The summed E-state index contributed by atoms with van der Waals surface area (Å²) < 4.78 is 5.27. The van der Waals surface area contributed by atoms with E-state index in [4.69, 9.17) is 4.74 Å². The lowest BCUT2D eigenvalue weighted by Gasteiger charge is -2.21. The Morgan fingerprint density at radius 3 is 2.29 bits per heavy atom. The monoisotopic (exact) mass is 419 g/mol. The third kappa shape index (κ3) is 7.15. The second-order valence-corrected chi connectivity index (χ2v) is 6.96. The largest absolute Gasteiger partial charge is 0.465 e. The summed E-state index contributed by atoms with van der Waals surface area (Å²) in [6.45, 7) is 0.261. The Morgan fingerprint density at radius 2 is 1.65 bits per heavy atom. The molecule has 3 aromatic rings. The first-order chi connectivity index (χ1) is 15.1. The van der Waals surface area contributed by atoms with Gasteiger partial charge in [-0.1, -0.05) is 66.7 Å². The van der Waals surface area contributed by atoms with Gasteiger partial charge in [-0.25, -0.2) is 9.59 Å². The fraction of sp³-hybridized carbons (Fsp3) is 0.208. The van der Waals surface area contributed by atoms with Gasteiger partial charge in [0.25, 0.3) is 0 Å². The van der Waals surface area contributed by atoms with E-state index in [2.05, 4.69) is 10.3 Å². The Labute approximate surface area is 181 Å². The molecule has 1 aromatic heterocycles. The zero-order valence-corrected chi connectivity index (χ0v) is 17.1. The number of carbonyl (C=O) groups excluding carboxylic acids is 1. The van der Waals surface area contributed by atoms with Crippen molar-refractivity contribution in [3.63, 3.8) is 0 Å². The Kier molecular flexibility index (Phi) is 7.99. The molecule has 2 N–H and O–H groups in total. The van der Waals surface area contributed by atoms with E-state index in [1.54, 1.807) is 6.20 Å². The molecular weight excluding hydrogens is 394 g/mol. The summed E-state index contributed by atoms with van der Waals surface area (Å²) in [5.74, 6) is 0. The smallest absolute Gasteiger partial charge is 0.407 e. The number of benzene rings is 2. The van der Waals surface area contributed by atoms with E-state index in [9.17, 15) is 14.7 Å². The van der Waals surface area contributed by atoms with Gasteiger partial charge >= 0.3 is 12.2 Å². The Hall–Kier alpha value is -3.87. The molecule has 3 rings (SSSR count). The summed E-state index contributed by atoms with van der Waals surface area (Å²) in [4.78, 5) is 29.5. The van der Waals surface area contributed by atoms with E-state index in [0.29, 0.717) is 6.42 Å². The highest BCUT2D eigenvalue weighted by atomic mass is 16.5.